The van der Waals surface area contributed by atoms with Gasteiger partial charge in [-0.15, -0.1) is 0 Å². The van der Waals surface area contributed by atoms with Gasteiger partial charge in [-0.1, -0.05) is 0 Å². The van der Waals surface area contributed by atoms with Gasteiger partial charge in [0.05, 0.1) is 17.4 Å². The third-order valence-corrected chi connectivity index (χ3v) is 3.46. The fourth-order valence-corrected chi connectivity index (χ4v) is 2.79. The second-order valence-corrected chi connectivity index (χ2v) is 6.60. The van der Waals surface area contributed by atoms with Crippen LogP contribution in [0.5, 0.6) is 0 Å². The Kier molecular flexibility index (Phi) is 4.13. The van der Waals surface area contributed by atoms with Gasteiger partial charge in [0, 0.05) is 7.05 Å². The highest BCUT2D eigenvalue weighted by Crippen LogP contribution is 2.33. The fourth-order valence-electron chi connectivity index (χ4n) is 2.58. The fraction of sp³-hybridized carbons (Fsp3) is 0.643. The molecule has 1 aliphatic heterocycles. The van der Waals surface area contributed by atoms with Crippen LogP contribution in [-0.2, 0) is 9.53 Å². The number of hydrogen-bond acceptors (Lipinski definition) is 5. The molecule has 0 bridgehead atoms. The first kappa shape index (κ1) is 16.0. The standard InChI is InChI=1S/C14H21ClN4O2/c1-7-9-11(18-13(15)16-7)19(6)10(12(20)17-9)8(2)21-14(3,4)5/h8,10H,1-6H3,(H,17,20)/t8?,10-/m0/s1. The lowest BCUT2D eigenvalue weighted by molar-refractivity contribution is -0.124. The predicted octanol–water partition coefficient (Wildman–Crippen LogP) is 2.40. The molecule has 6 nitrogen and oxygen atoms in total. The number of aryl methyl sites for hydroxylation is 1. The molecule has 1 N–H and O–H groups in total. The van der Waals surface area contributed by atoms with E-state index >= 15 is 0 Å². The van der Waals surface area contributed by atoms with Crippen molar-refractivity contribution >= 4 is 29.0 Å². The summed E-state index contributed by atoms with van der Waals surface area (Å²) in [5.41, 5.74) is 0.916. The molecule has 0 radical (unpaired) electrons. The summed E-state index contributed by atoms with van der Waals surface area (Å²) >= 11 is 5.92. The molecule has 0 saturated carbocycles. The minimum absolute atomic E-state index is 0.129. The average molecular weight is 313 g/mol. The van der Waals surface area contributed by atoms with Gasteiger partial charge in [-0.05, 0) is 46.2 Å². The zero-order chi connectivity index (χ0) is 15.9. The molecule has 2 rings (SSSR count). The molecule has 1 aromatic heterocycles. The van der Waals surface area contributed by atoms with Crippen LogP contribution in [0, 0.1) is 6.92 Å². The maximum absolute atomic E-state index is 12.4. The molecule has 1 unspecified atom stereocenters. The maximum Gasteiger partial charge on any atom is 0.249 e. The highest BCUT2D eigenvalue weighted by molar-refractivity contribution is 6.28. The minimum Gasteiger partial charge on any atom is -0.370 e. The van der Waals surface area contributed by atoms with Gasteiger partial charge >= 0.3 is 0 Å². The van der Waals surface area contributed by atoms with Crippen LogP contribution in [0.15, 0.2) is 0 Å². The first-order valence-electron chi connectivity index (χ1n) is 6.86. The van der Waals surface area contributed by atoms with Crippen LogP contribution in [0.1, 0.15) is 33.4 Å². The summed E-state index contributed by atoms with van der Waals surface area (Å²) in [5.74, 6) is 0.484. The summed E-state index contributed by atoms with van der Waals surface area (Å²) in [7, 11) is 1.81. The highest BCUT2D eigenvalue weighted by atomic mass is 35.5. The van der Waals surface area contributed by atoms with Crippen LogP contribution in [-0.4, -0.2) is 40.7 Å². The number of carbonyl (C=O) groups is 1. The van der Waals surface area contributed by atoms with E-state index in [9.17, 15) is 4.79 Å². The third-order valence-electron chi connectivity index (χ3n) is 3.30. The molecule has 0 aliphatic carbocycles. The molecule has 0 spiro atoms. The number of rotatable bonds is 2. The first-order valence-corrected chi connectivity index (χ1v) is 7.23. The van der Waals surface area contributed by atoms with Gasteiger partial charge in [0.1, 0.15) is 11.7 Å². The minimum atomic E-state index is -0.470. The highest BCUT2D eigenvalue weighted by Gasteiger charge is 2.38. The molecule has 1 aliphatic rings. The summed E-state index contributed by atoms with van der Waals surface area (Å²) in [4.78, 5) is 22.5. The number of nitrogens with one attached hydrogen (secondary N) is 1. The molecule has 0 aromatic carbocycles. The lowest BCUT2D eigenvalue weighted by Crippen LogP contribution is -2.54. The smallest absolute Gasteiger partial charge is 0.249 e. The van der Waals surface area contributed by atoms with Crippen molar-refractivity contribution in [2.24, 2.45) is 0 Å². The van der Waals surface area contributed by atoms with E-state index < -0.39 is 6.04 Å². The van der Waals surface area contributed by atoms with Gasteiger partial charge in [-0.25, -0.2) is 4.98 Å². The number of nitrogens with zero attached hydrogens (tertiary/aromatic N) is 3. The Morgan fingerprint density at radius 3 is 2.57 bits per heavy atom. The number of aromatic nitrogens is 2. The lowest BCUT2D eigenvalue weighted by Gasteiger charge is -2.39. The lowest BCUT2D eigenvalue weighted by atomic mass is 10.1. The van der Waals surface area contributed by atoms with Crippen LogP contribution >= 0.6 is 11.6 Å². The number of halogens is 1. The van der Waals surface area contributed by atoms with E-state index in [0.29, 0.717) is 17.2 Å². The quantitative estimate of drug-likeness (QED) is 0.849. The van der Waals surface area contributed by atoms with Crippen molar-refractivity contribution < 1.29 is 9.53 Å². The summed E-state index contributed by atoms with van der Waals surface area (Å²) in [5, 5.41) is 3.02. The Hall–Kier alpha value is -1.40. The van der Waals surface area contributed by atoms with E-state index in [1.165, 1.54) is 0 Å². The number of anilines is 2. The Morgan fingerprint density at radius 1 is 1.38 bits per heavy atom. The zero-order valence-corrected chi connectivity index (χ0v) is 13.9. The van der Waals surface area contributed by atoms with Crippen LogP contribution in [0.25, 0.3) is 0 Å². The molecule has 0 saturated heterocycles. The van der Waals surface area contributed by atoms with Gasteiger partial charge in [-0.3, -0.25) is 4.79 Å². The summed E-state index contributed by atoms with van der Waals surface area (Å²) in [6.07, 6.45) is -0.294. The number of carbonyl (C=O) groups excluding carboxylic acids is 1. The van der Waals surface area contributed by atoms with E-state index in [-0.39, 0.29) is 22.9 Å². The number of likely N-dealkylation sites (N-methyl/N-ethyl adjacent to an activating group) is 1. The molecule has 7 heteroatoms. The molecule has 21 heavy (non-hydrogen) atoms. The molecular weight excluding hydrogens is 292 g/mol. The summed E-state index contributed by atoms with van der Waals surface area (Å²) < 4.78 is 5.91. The van der Waals surface area contributed by atoms with Gasteiger partial charge in [0.15, 0.2) is 5.82 Å². The molecule has 1 aromatic rings. The number of ether oxygens (including phenoxy) is 1. The van der Waals surface area contributed by atoms with Crippen molar-refractivity contribution in [3.8, 4) is 0 Å². The van der Waals surface area contributed by atoms with Crippen molar-refractivity contribution in [1.29, 1.82) is 0 Å². The largest absolute Gasteiger partial charge is 0.370 e. The van der Waals surface area contributed by atoms with E-state index in [1.807, 2.05) is 34.7 Å². The Bertz CT molecular complexity index is 571. The SMILES string of the molecule is Cc1nc(Cl)nc2c1NC(=O)[C@H](C(C)OC(C)(C)C)N2C. The van der Waals surface area contributed by atoms with Crippen molar-refractivity contribution in [3.63, 3.8) is 0 Å². The molecular formula is C14H21ClN4O2. The molecule has 2 atom stereocenters. The summed E-state index contributed by atoms with van der Waals surface area (Å²) in [6.45, 7) is 9.55. The summed E-state index contributed by atoms with van der Waals surface area (Å²) in [6, 6.07) is -0.470. The van der Waals surface area contributed by atoms with Gasteiger partial charge in [0.2, 0.25) is 11.2 Å². The molecule has 0 fully saturated rings. The number of hydrogen-bond donors (Lipinski definition) is 1. The second kappa shape index (κ2) is 5.42. The van der Waals surface area contributed by atoms with E-state index in [2.05, 4.69) is 15.3 Å². The number of fused-ring (bicyclic) bond motifs is 1. The number of amides is 1. The zero-order valence-electron chi connectivity index (χ0n) is 13.2. The maximum atomic E-state index is 12.4. The van der Waals surface area contributed by atoms with Gasteiger partial charge in [-0.2, -0.15) is 4.98 Å². The first-order chi connectivity index (χ1) is 9.60. The predicted molar refractivity (Wildman–Crippen MR) is 82.9 cm³/mol. The molecule has 116 valence electrons. The Labute approximate surface area is 129 Å². The van der Waals surface area contributed by atoms with Crippen molar-refractivity contribution in [3.05, 3.63) is 11.0 Å². The normalized spacial score (nSPS) is 20.0. The van der Waals surface area contributed by atoms with Crippen molar-refractivity contribution in [2.45, 2.75) is 52.4 Å². The van der Waals surface area contributed by atoms with E-state index in [1.54, 1.807) is 11.8 Å². The van der Waals surface area contributed by atoms with Gasteiger partial charge < -0.3 is 15.0 Å². The van der Waals surface area contributed by atoms with E-state index in [0.717, 1.165) is 0 Å². The molecule has 1 amide bonds. The Morgan fingerprint density at radius 2 is 2.00 bits per heavy atom. The van der Waals surface area contributed by atoms with Crippen molar-refractivity contribution in [2.75, 3.05) is 17.3 Å². The van der Waals surface area contributed by atoms with E-state index in [4.69, 9.17) is 16.3 Å². The monoisotopic (exact) mass is 312 g/mol. The second-order valence-electron chi connectivity index (χ2n) is 6.26. The van der Waals surface area contributed by atoms with Crippen LogP contribution in [0.4, 0.5) is 11.5 Å². The van der Waals surface area contributed by atoms with Gasteiger partial charge in [0.25, 0.3) is 0 Å². The van der Waals surface area contributed by atoms with Crippen molar-refractivity contribution in [1.82, 2.24) is 9.97 Å². The third kappa shape index (κ3) is 3.27. The average Bonchev–Trinajstić information content (AvgIpc) is 2.28. The Balaban J connectivity index is 2.37. The topological polar surface area (TPSA) is 67.3 Å². The molecule has 2 heterocycles. The van der Waals surface area contributed by atoms with Crippen LogP contribution < -0.4 is 10.2 Å². The van der Waals surface area contributed by atoms with Crippen LogP contribution in [0.2, 0.25) is 5.28 Å². The van der Waals surface area contributed by atoms with Crippen LogP contribution in [0.3, 0.4) is 0 Å².